The summed E-state index contributed by atoms with van der Waals surface area (Å²) in [7, 11) is 3.43. The molecule has 0 aromatic heterocycles. The SMILES string of the molecule is COCCN(CCOC)CCOCCOCCOc1c(C)cccc1C. The molecule has 0 aliphatic rings. The average molecular weight is 370 g/mol. The summed E-state index contributed by atoms with van der Waals surface area (Å²) in [6.07, 6.45) is 0. The Morgan fingerprint density at radius 2 is 1.19 bits per heavy atom. The van der Waals surface area contributed by atoms with Crippen molar-refractivity contribution in [2.45, 2.75) is 13.8 Å². The van der Waals surface area contributed by atoms with Crippen LogP contribution in [0.15, 0.2) is 18.2 Å². The molecule has 0 atom stereocenters. The fourth-order valence-electron chi connectivity index (χ4n) is 2.52. The Morgan fingerprint density at radius 1 is 0.692 bits per heavy atom. The van der Waals surface area contributed by atoms with E-state index in [0.717, 1.165) is 36.5 Å². The maximum absolute atomic E-state index is 5.81. The molecule has 0 unspecified atom stereocenters. The van der Waals surface area contributed by atoms with Crippen LogP contribution in [0.25, 0.3) is 0 Å². The fourth-order valence-corrected chi connectivity index (χ4v) is 2.52. The molecule has 1 rings (SSSR count). The van der Waals surface area contributed by atoms with Crippen LogP contribution in [-0.4, -0.2) is 85.0 Å². The lowest BCUT2D eigenvalue weighted by Crippen LogP contribution is -2.33. The number of hydrogen-bond acceptors (Lipinski definition) is 6. The first kappa shape index (κ1) is 22.9. The van der Waals surface area contributed by atoms with Crippen molar-refractivity contribution in [2.75, 3.05) is 80.1 Å². The van der Waals surface area contributed by atoms with Crippen molar-refractivity contribution in [1.29, 1.82) is 0 Å². The Bertz CT molecular complexity index is 441. The minimum atomic E-state index is 0.549. The zero-order valence-corrected chi connectivity index (χ0v) is 16.8. The second-order valence-corrected chi connectivity index (χ2v) is 6.12. The molecule has 0 saturated heterocycles. The van der Waals surface area contributed by atoms with Gasteiger partial charge in [0.25, 0.3) is 0 Å². The van der Waals surface area contributed by atoms with Gasteiger partial charge >= 0.3 is 0 Å². The molecule has 0 heterocycles. The van der Waals surface area contributed by atoms with Crippen molar-refractivity contribution >= 4 is 0 Å². The van der Waals surface area contributed by atoms with Gasteiger partial charge in [0.1, 0.15) is 12.4 Å². The van der Waals surface area contributed by atoms with Crippen LogP contribution in [0.3, 0.4) is 0 Å². The van der Waals surface area contributed by atoms with Gasteiger partial charge in [0.05, 0.1) is 39.6 Å². The second-order valence-electron chi connectivity index (χ2n) is 6.12. The van der Waals surface area contributed by atoms with Gasteiger partial charge in [-0.1, -0.05) is 18.2 Å². The second kappa shape index (κ2) is 14.9. The van der Waals surface area contributed by atoms with E-state index in [0.29, 0.717) is 46.2 Å². The first-order valence-electron chi connectivity index (χ1n) is 9.23. The quantitative estimate of drug-likeness (QED) is 0.417. The molecule has 0 amide bonds. The first-order valence-corrected chi connectivity index (χ1v) is 9.23. The largest absolute Gasteiger partial charge is 0.491 e. The molecule has 6 nitrogen and oxygen atoms in total. The molecule has 0 aliphatic heterocycles. The van der Waals surface area contributed by atoms with Crippen LogP contribution in [0, 0.1) is 13.8 Å². The number of nitrogens with zero attached hydrogens (tertiary/aromatic N) is 1. The van der Waals surface area contributed by atoms with E-state index in [-0.39, 0.29) is 0 Å². The summed E-state index contributed by atoms with van der Waals surface area (Å²) in [5.41, 5.74) is 2.31. The van der Waals surface area contributed by atoms with Crippen LogP contribution in [0.4, 0.5) is 0 Å². The molecule has 6 heteroatoms. The maximum Gasteiger partial charge on any atom is 0.125 e. The number of methoxy groups -OCH3 is 2. The van der Waals surface area contributed by atoms with E-state index in [1.807, 2.05) is 6.07 Å². The van der Waals surface area contributed by atoms with Crippen molar-refractivity contribution in [2.24, 2.45) is 0 Å². The van der Waals surface area contributed by atoms with Gasteiger partial charge in [-0.2, -0.15) is 0 Å². The predicted molar refractivity (Wildman–Crippen MR) is 103 cm³/mol. The average Bonchev–Trinajstić information content (AvgIpc) is 2.63. The van der Waals surface area contributed by atoms with Crippen molar-refractivity contribution < 1.29 is 23.7 Å². The van der Waals surface area contributed by atoms with Crippen molar-refractivity contribution in [3.05, 3.63) is 29.3 Å². The van der Waals surface area contributed by atoms with E-state index in [4.69, 9.17) is 23.7 Å². The van der Waals surface area contributed by atoms with Crippen LogP contribution in [0.2, 0.25) is 0 Å². The third-order valence-corrected chi connectivity index (χ3v) is 4.03. The molecular formula is C20H35NO5. The Kier molecular flexibility index (Phi) is 13.1. The molecule has 0 bridgehead atoms. The lowest BCUT2D eigenvalue weighted by atomic mass is 10.1. The van der Waals surface area contributed by atoms with Gasteiger partial charge in [-0.25, -0.2) is 0 Å². The fraction of sp³-hybridized carbons (Fsp3) is 0.700. The van der Waals surface area contributed by atoms with Crippen LogP contribution < -0.4 is 4.74 Å². The summed E-state index contributed by atoms with van der Waals surface area (Å²) in [5.74, 6) is 0.958. The molecule has 1 aromatic rings. The third kappa shape index (κ3) is 10.1. The zero-order valence-electron chi connectivity index (χ0n) is 16.8. The number of para-hydroxylation sites is 1. The Balaban J connectivity index is 2.02. The third-order valence-electron chi connectivity index (χ3n) is 4.03. The number of rotatable bonds is 16. The van der Waals surface area contributed by atoms with Gasteiger partial charge in [-0.05, 0) is 25.0 Å². The van der Waals surface area contributed by atoms with E-state index >= 15 is 0 Å². The summed E-state index contributed by atoms with van der Waals surface area (Å²) in [4.78, 5) is 2.27. The first-order chi connectivity index (χ1) is 12.7. The molecule has 0 N–H and O–H groups in total. The summed E-state index contributed by atoms with van der Waals surface area (Å²) >= 11 is 0. The summed E-state index contributed by atoms with van der Waals surface area (Å²) in [6, 6.07) is 6.15. The lowest BCUT2D eigenvalue weighted by molar-refractivity contribution is 0.0243. The van der Waals surface area contributed by atoms with E-state index in [9.17, 15) is 0 Å². The smallest absolute Gasteiger partial charge is 0.125 e. The van der Waals surface area contributed by atoms with Gasteiger partial charge in [0.2, 0.25) is 0 Å². The highest BCUT2D eigenvalue weighted by Gasteiger charge is 2.05. The molecule has 150 valence electrons. The van der Waals surface area contributed by atoms with Gasteiger partial charge in [0, 0.05) is 33.9 Å². The van der Waals surface area contributed by atoms with Crippen molar-refractivity contribution in [1.82, 2.24) is 4.90 Å². The van der Waals surface area contributed by atoms with Crippen LogP contribution in [-0.2, 0) is 18.9 Å². The zero-order chi connectivity index (χ0) is 19.0. The molecule has 0 fully saturated rings. The van der Waals surface area contributed by atoms with E-state index in [1.54, 1.807) is 14.2 Å². The van der Waals surface area contributed by atoms with E-state index in [2.05, 4.69) is 30.9 Å². The highest BCUT2D eigenvalue weighted by Crippen LogP contribution is 2.21. The molecule has 0 aliphatic carbocycles. The van der Waals surface area contributed by atoms with Crippen molar-refractivity contribution in [3.63, 3.8) is 0 Å². The molecule has 0 saturated carbocycles. The molecule has 26 heavy (non-hydrogen) atoms. The lowest BCUT2D eigenvalue weighted by Gasteiger charge is -2.21. The van der Waals surface area contributed by atoms with Crippen molar-refractivity contribution in [3.8, 4) is 5.75 Å². The highest BCUT2D eigenvalue weighted by atomic mass is 16.5. The number of benzene rings is 1. The monoisotopic (exact) mass is 369 g/mol. The Hall–Kier alpha value is -1.18. The normalized spacial score (nSPS) is 11.3. The standard InChI is InChI=1S/C20H35NO5/c1-18-6-5-7-19(2)20(18)26-17-16-25-15-14-24-13-10-21(8-11-22-3)9-12-23-4/h5-7H,8-17H2,1-4H3. The molecule has 1 aromatic carbocycles. The van der Waals surface area contributed by atoms with Crippen LogP contribution >= 0.6 is 0 Å². The number of ether oxygens (including phenoxy) is 5. The van der Waals surface area contributed by atoms with Crippen LogP contribution in [0.1, 0.15) is 11.1 Å². The van der Waals surface area contributed by atoms with Gasteiger partial charge in [-0.15, -0.1) is 0 Å². The number of hydrogen-bond donors (Lipinski definition) is 0. The summed E-state index contributed by atoms with van der Waals surface area (Å²) in [5, 5.41) is 0. The van der Waals surface area contributed by atoms with Gasteiger partial charge < -0.3 is 23.7 Å². The molecule has 0 radical (unpaired) electrons. The minimum Gasteiger partial charge on any atom is -0.491 e. The Morgan fingerprint density at radius 3 is 1.77 bits per heavy atom. The predicted octanol–water partition coefficient (Wildman–Crippen LogP) is 2.31. The van der Waals surface area contributed by atoms with Gasteiger partial charge in [-0.3, -0.25) is 4.90 Å². The van der Waals surface area contributed by atoms with Crippen LogP contribution in [0.5, 0.6) is 5.75 Å². The van der Waals surface area contributed by atoms with Gasteiger partial charge in [0.15, 0.2) is 0 Å². The molecular weight excluding hydrogens is 334 g/mol. The maximum atomic E-state index is 5.81. The molecule has 0 spiro atoms. The Labute approximate surface area is 158 Å². The minimum absolute atomic E-state index is 0.549. The summed E-state index contributed by atoms with van der Waals surface area (Å²) < 4.78 is 27.3. The topological polar surface area (TPSA) is 49.4 Å². The van der Waals surface area contributed by atoms with E-state index < -0.39 is 0 Å². The number of aryl methyl sites for hydroxylation is 2. The summed E-state index contributed by atoms with van der Waals surface area (Å²) in [6.45, 7) is 11.1. The highest BCUT2D eigenvalue weighted by molar-refractivity contribution is 5.39. The van der Waals surface area contributed by atoms with E-state index in [1.165, 1.54) is 0 Å².